The Labute approximate surface area is 123 Å². The molecule has 1 N–H and O–H groups in total. The van der Waals surface area contributed by atoms with Gasteiger partial charge in [0.05, 0.1) is 18.8 Å². The molecule has 5 heteroatoms. The molecule has 0 aromatic heterocycles. The Hall–Kier alpha value is -1.72. The molecule has 3 atom stereocenters. The van der Waals surface area contributed by atoms with Gasteiger partial charge in [0, 0.05) is 5.57 Å². The van der Waals surface area contributed by atoms with Crippen LogP contribution in [0.5, 0.6) is 0 Å². The van der Waals surface area contributed by atoms with Crippen LogP contribution in [0.15, 0.2) is 35.5 Å². The molecule has 0 radical (unpaired) electrons. The number of rotatable bonds is 2. The summed E-state index contributed by atoms with van der Waals surface area (Å²) in [6, 6.07) is 0. The summed E-state index contributed by atoms with van der Waals surface area (Å²) in [7, 11) is 1.24. The Morgan fingerprint density at radius 2 is 2.19 bits per heavy atom. The number of hydrogen-bond donors (Lipinski definition) is 1. The second-order valence-electron chi connectivity index (χ2n) is 5.69. The highest BCUT2D eigenvalue weighted by Crippen LogP contribution is 2.43. The number of allylic oxidation sites excluding steroid dienone is 2. The number of ether oxygens (including phenoxy) is 2. The minimum atomic E-state index is -0.652. The fourth-order valence-electron chi connectivity index (χ4n) is 2.44. The monoisotopic (exact) mass is 292 g/mol. The lowest BCUT2D eigenvalue weighted by atomic mass is 9.89. The topological polar surface area (TPSA) is 76.1 Å². The molecular formula is C16H20O5. The summed E-state index contributed by atoms with van der Waals surface area (Å²) < 4.78 is 10.1. The molecule has 1 saturated heterocycles. The smallest absolute Gasteiger partial charge is 0.337 e. The third-order valence-corrected chi connectivity index (χ3v) is 4.10. The van der Waals surface area contributed by atoms with E-state index in [0.717, 1.165) is 5.57 Å². The molecule has 2 aliphatic rings. The van der Waals surface area contributed by atoms with Gasteiger partial charge in [-0.3, -0.25) is 4.79 Å². The van der Waals surface area contributed by atoms with Crippen molar-refractivity contribution < 1.29 is 24.2 Å². The van der Waals surface area contributed by atoms with Crippen molar-refractivity contribution in [3.05, 3.63) is 35.5 Å². The highest BCUT2D eigenvalue weighted by molar-refractivity contribution is 6.12. The first-order valence-corrected chi connectivity index (χ1v) is 6.86. The molecule has 0 unspecified atom stereocenters. The van der Waals surface area contributed by atoms with E-state index in [1.165, 1.54) is 13.2 Å². The minimum Gasteiger partial charge on any atom is -0.465 e. The van der Waals surface area contributed by atoms with Gasteiger partial charge in [0.2, 0.25) is 0 Å². The van der Waals surface area contributed by atoms with Gasteiger partial charge in [0.1, 0.15) is 11.7 Å². The van der Waals surface area contributed by atoms with Crippen LogP contribution in [0, 0.1) is 0 Å². The molecule has 0 bridgehead atoms. The number of aliphatic hydroxyl groups is 1. The predicted molar refractivity (Wildman–Crippen MR) is 76.5 cm³/mol. The molecule has 2 rings (SSSR count). The molecule has 21 heavy (non-hydrogen) atoms. The van der Waals surface area contributed by atoms with E-state index in [9.17, 15) is 14.7 Å². The number of methoxy groups -OCH3 is 1. The Morgan fingerprint density at radius 3 is 2.81 bits per heavy atom. The van der Waals surface area contributed by atoms with Crippen LogP contribution in [0.25, 0.3) is 0 Å². The van der Waals surface area contributed by atoms with Crippen molar-refractivity contribution in [2.75, 3.05) is 7.11 Å². The number of carbonyl (C=O) groups is 2. The predicted octanol–water partition coefficient (Wildman–Crippen LogP) is 1.47. The number of esters is 1. The quantitative estimate of drug-likeness (QED) is 0.474. The number of ketones is 1. The number of hydrogen-bond acceptors (Lipinski definition) is 5. The zero-order valence-corrected chi connectivity index (χ0v) is 12.5. The zero-order valence-electron chi connectivity index (χ0n) is 12.5. The van der Waals surface area contributed by atoms with E-state index in [0.29, 0.717) is 12.8 Å². The third kappa shape index (κ3) is 2.99. The number of carbonyl (C=O) groups excluding carboxylic acids is 2. The van der Waals surface area contributed by atoms with Crippen molar-refractivity contribution in [3.63, 3.8) is 0 Å². The molecule has 0 spiro atoms. The van der Waals surface area contributed by atoms with Gasteiger partial charge < -0.3 is 14.6 Å². The van der Waals surface area contributed by atoms with Crippen molar-refractivity contribution in [2.24, 2.45) is 0 Å². The largest absolute Gasteiger partial charge is 0.465 e. The second kappa shape index (κ2) is 5.58. The van der Waals surface area contributed by atoms with E-state index in [4.69, 9.17) is 4.74 Å². The van der Waals surface area contributed by atoms with Gasteiger partial charge in [0.15, 0.2) is 5.78 Å². The molecule has 0 saturated carbocycles. The summed E-state index contributed by atoms with van der Waals surface area (Å²) >= 11 is 0. The molecule has 5 nitrogen and oxygen atoms in total. The highest BCUT2D eigenvalue weighted by Gasteiger charge is 2.57. The fourth-order valence-corrected chi connectivity index (χ4v) is 2.44. The molecular weight excluding hydrogens is 272 g/mol. The molecule has 1 heterocycles. The van der Waals surface area contributed by atoms with Gasteiger partial charge in [-0.15, -0.1) is 0 Å². The van der Waals surface area contributed by atoms with Gasteiger partial charge in [-0.25, -0.2) is 4.79 Å². The van der Waals surface area contributed by atoms with E-state index < -0.39 is 23.8 Å². The average molecular weight is 292 g/mol. The molecule has 1 fully saturated rings. The van der Waals surface area contributed by atoms with Crippen LogP contribution in [0.3, 0.4) is 0 Å². The van der Waals surface area contributed by atoms with E-state index in [1.54, 1.807) is 13.0 Å². The van der Waals surface area contributed by atoms with E-state index in [-0.39, 0.29) is 16.9 Å². The lowest BCUT2D eigenvalue weighted by molar-refractivity contribution is -0.136. The van der Waals surface area contributed by atoms with E-state index >= 15 is 0 Å². The summed E-state index contributed by atoms with van der Waals surface area (Å²) in [4.78, 5) is 24.1. The number of aliphatic hydroxyl groups excluding tert-OH is 1. The van der Waals surface area contributed by atoms with Crippen LogP contribution in [-0.2, 0) is 19.1 Å². The standard InChI is InChI=1S/C16H20O5/c1-9-5-6-11(10(2)15(19)20-4)13(18)14-16(3,21-14)8-7-12(9)17/h5-6,12,14,17H,2,7-8H2,1,3-4H3/b9-5-,11-6-/t12-,14+,16+/m0/s1. The highest BCUT2D eigenvalue weighted by atomic mass is 16.6. The maximum Gasteiger partial charge on any atom is 0.337 e. The van der Waals surface area contributed by atoms with Crippen LogP contribution >= 0.6 is 0 Å². The summed E-state index contributed by atoms with van der Waals surface area (Å²) in [5, 5.41) is 10.0. The van der Waals surface area contributed by atoms with Crippen LogP contribution in [0.1, 0.15) is 26.7 Å². The van der Waals surface area contributed by atoms with Gasteiger partial charge in [-0.2, -0.15) is 0 Å². The van der Waals surface area contributed by atoms with E-state index in [2.05, 4.69) is 11.3 Å². The molecule has 0 aromatic rings. The molecule has 0 amide bonds. The molecule has 114 valence electrons. The van der Waals surface area contributed by atoms with Gasteiger partial charge in [-0.05, 0) is 32.3 Å². The van der Waals surface area contributed by atoms with Crippen LogP contribution in [0.2, 0.25) is 0 Å². The van der Waals surface area contributed by atoms with Crippen molar-refractivity contribution in [2.45, 2.75) is 44.5 Å². The van der Waals surface area contributed by atoms with E-state index in [1.807, 2.05) is 6.92 Å². The second-order valence-corrected chi connectivity index (χ2v) is 5.69. The number of epoxide rings is 1. The first-order chi connectivity index (χ1) is 9.80. The lowest BCUT2D eigenvalue weighted by Crippen LogP contribution is -2.24. The molecule has 0 aromatic carbocycles. The first kappa shape index (κ1) is 15.7. The first-order valence-electron chi connectivity index (χ1n) is 6.86. The van der Waals surface area contributed by atoms with Crippen molar-refractivity contribution >= 4 is 11.8 Å². The van der Waals surface area contributed by atoms with Crippen LogP contribution in [-0.4, -0.2) is 41.8 Å². The number of fused-ring (bicyclic) bond motifs is 1. The van der Waals surface area contributed by atoms with Gasteiger partial charge >= 0.3 is 5.97 Å². The van der Waals surface area contributed by atoms with Crippen LogP contribution in [0.4, 0.5) is 0 Å². The Kier molecular flexibility index (Phi) is 4.16. The normalized spacial score (nSPS) is 37.4. The van der Waals surface area contributed by atoms with Crippen molar-refractivity contribution in [1.29, 1.82) is 0 Å². The fraction of sp³-hybridized carbons (Fsp3) is 0.500. The summed E-state index contributed by atoms with van der Waals surface area (Å²) in [6.07, 6.45) is 3.06. The zero-order chi connectivity index (χ0) is 15.8. The van der Waals surface area contributed by atoms with Crippen LogP contribution < -0.4 is 0 Å². The number of Topliss-reactive ketones (excluding diaryl/α,β-unsaturated/α-hetero) is 1. The Bertz CT molecular complexity index is 557. The molecule has 1 aliphatic carbocycles. The SMILES string of the molecule is C=C(C(=O)OC)/C1=C/C=C(/C)[C@@H](O)CC[C@@]2(C)O[C@@H]2C1=O. The summed E-state index contributed by atoms with van der Waals surface area (Å²) in [5.41, 5.74) is 0.315. The summed E-state index contributed by atoms with van der Waals surface area (Å²) in [6.45, 7) is 7.25. The Morgan fingerprint density at radius 1 is 1.52 bits per heavy atom. The lowest BCUT2D eigenvalue weighted by Gasteiger charge is -2.15. The average Bonchev–Trinajstić information content (AvgIpc) is 3.15. The van der Waals surface area contributed by atoms with Gasteiger partial charge in [-0.1, -0.05) is 18.7 Å². The van der Waals surface area contributed by atoms with Gasteiger partial charge in [0.25, 0.3) is 0 Å². The van der Waals surface area contributed by atoms with Crippen molar-refractivity contribution in [3.8, 4) is 0 Å². The molecule has 1 aliphatic heterocycles. The minimum absolute atomic E-state index is 0.000497. The van der Waals surface area contributed by atoms with Crippen molar-refractivity contribution in [1.82, 2.24) is 0 Å². The summed E-state index contributed by atoms with van der Waals surface area (Å²) in [5.74, 6) is -0.922. The maximum atomic E-state index is 12.5. The third-order valence-electron chi connectivity index (χ3n) is 4.10. The Balaban J connectivity index is 2.40. The maximum absolute atomic E-state index is 12.5.